The maximum atomic E-state index is 12.8. The zero-order valence-electron chi connectivity index (χ0n) is 12.5. The van der Waals surface area contributed by atoms with Gasteiger partial charge in [0.1, 0.15) is 0 Å². The number of halogens is 3. The molecule has 0 atom stereocenters. The van der Waals surface area contributed by atoms with Crippen LogP contribution in [-0.2, 0) is 16.4 Å². The summed E-state index contributed by atoms with van der Waals surface area (Å²) in [5.41, 5.74) is -4.12. The van der Waals surface area contributed by atoms with Crippen molar-refractivity contribution in [2.24, 2.45) is 0 Å². The van der Waals surface area contributed by atoms with Gasteiger partial charge in [0.2, 0.25) is 0 Å². The van der Waals surface area contributed by atoms with Crippen LogP contribution in [0.1, 0.15) is 5.56 Å². The van der Waals surface area contributed by atoms with E-state index < -0.39 is 20.2 Å². The van der Waals surface area contributed by atoms with Gasteiger partial charge in [-0.15, -0.1) is 0 Å². The Morgan fingerprint density at radius 1 is 1.00 bits per heavy atom. The second-order valence-electron chi connectivity index (χ2n) is 5.26. The highest BCUT2D eigenvalue weighted by molar-refractivity contribution is 7.92. The summed E-state index contributed by atoms with van der Waals surface area (Å²) in [7, 11) is -5.46. The molecular weight excluding hydrogens is 359 g/mol. The van der Waals surface area contributed by atoms with Crippen molar-refractivity contribution in [3.8, 4) is 0 Å². The van der Waals surface area contributed by atoms with Gasteiger partial charge in [0, 0.05) is 6.54 Å². The minimum atomic E-state index is -5.46. The molecule has 3 rings (SSSR count). The number of aromatic amines is 2. The standard InChI is InChI=1S/C15H12F3N3O3S/c16-15(17,18)25(23,24)13-4-2-1-3-11(13)19-8-9-5-6-10-12(7-9)21-14(22)20-10/h1-7,19H,8H2,(H2,20,21,22). The highest BCUT2D eigenvalue weighted by Gasteiger charge is 2.47. The Morgan fingerprint density at radius 3 is 2.40 bits per heavy atom. The highest BCUT2D eigenvalue weighted by Crippen LogP contribution is 2.34. The first-order valence-corrected chi connectivity index (χ1v) is 8.52. The number of hydrogen-bond acceptors (Lipinski definition) is 4. The Labute approximate surface area is 139 Å². The number of sulfone groups is 1. The van der Waals surface area contributed by atoms with Gasteiger partial charge in [0.25, 0.3) is 9.84 Å². The molecule has 0 aliphatic rings. The van der Waals surface area contributed by atoms with Crippen molar-refractivity contribution in [3.63, 3.8) is 0 Å². The van der Waals surface area contributed by atoms with Crippen LogP contribution in [0.5, 0.6) is 0 Å². The zero-order chi connectivity index (χ0) is 18.2. The molecule has 0 amide bonds. The number of nitrogens with one attached hydrogen (secondary N) is 3. The van der Waals surface area contributed by atoms with Gasteiger partial charge in [-0.05, 0) is 29.8 Å². The molecule has 0 aliphatic carbocycles. The Bertz CT molecular complexity index is 1080. The number of benzene rings is 2. The third-order valence-electron chi connectivity index (χ3n) is 3.54. The van der Waals surface area contributed by atoms with Crippen molar-refractivity contribution in [3.05, 3.63) is 58.5 Å². The lowest BCUT2D eigenvalue weighted by atomic mass is 10.2. The van der Waals surface area contributed by atoms with Gasteiger partial charge in [-0.1, -0.05) is 18.2 Å². The molecule has 25 heavy (non-hydrogen) atoms. The van der Waals surface area contributed by atoms with Gasteiger partial charge in [0.15, 0.2) is 0 Å². The van der Waals surface area contributed by atoms with Crippen LogP contribution in [0, 0.1) is 0 Å². The van der Waals surface area contributed by atoms with E-state index in [9.17, 15) is 26.4 Å². The van der Waals surface area contributed by atoms with Crippen molar-refractivity contribution >= 4 is 26.6 Å². The van der Waals surface area contributed by atoms with E-state index >= 15 is 0 Å². The van der Waals surface area contributed by atoms with E-state index in [0.717, 1.165) is 6.07 Å². The summed E-state index contributed by atoms with van der Waals surface area (Å²) in [4.78, 5) is 15.5. The molecule has 0 unspecified atom stereocenters. The summed E-state index contributed by atoms with van der Waals surface area (Å²) in [5, 5.41) is 2.70. The number of imidazole rings is 1. The molecule has 2 aromatic carbocycles. The second-order valence-corrected chi connectivity index (χ2v) is 7.17. The van der Waals surface area contributed by atoms with Crippen molar-refractivity contribution in [2.75, 3.05) is 5.32 Å². The quantitative estimate of drug-likeness (QED) is 0.657. The molecule has 1 heterocycles. The van der Waals surface area contributed by atoms with Gasteiger partial charge < -0.3 is 15.3 Å². The van der Waals surface area contributed by atoms with E-state index in [1.807, 2.05) is 0 Å². The normalized spacial score (nSPS) is 12.4. The van der Waals surface area contributed by atoms with E-state index in [2.05, 4.69) is 15.3 Å². The molecule has 132 valence electrons. The molecule has 0 radical (unpaired) electrons. The predicted molar refractivity (Wildman–Crippen MR) is 85.9 cm³/mol. The molecule has 0 fully saturated rings. The smallest absolute Gasteiger partial charge is 0.380 e. The molecule has 0 saturated carbocycles. The number of fused-ring (bicyclic) bond motifs is 1. The first kappa shape index (κ1) is 17.1. The Morgan fingerprint density at radius 2 is 1.68 bits per heavy atom. The molecule has 3 N–H and O–H groups in total. The molecule has 0 spiro atoms. The lowest BCUT2D eigenvalue weighted by Crippen LogP contribution is -2.24. The molecule has 1 aromatic heterocycles. The van der Waals surface area contributed by atoms with Crippen LogP contribution in [0.25, 0.3) is 11.0 Å². The maximum Gasteiger partial charge on any atom is 0.501 e. The number of aromatic nitrogens is 2. The van der Waals surface area contributed by atoms with Crippen molar-refractivity contribution in [1.82, 2.24) is 9.97 Å². The molecule has 0 saturated heterocycles. The van der Waals surface area contributed by atoms with Crippen LogP contribution in [-0.4, -0.2) is 23.9 Å². The minimum Gasteiger partial charge on any atom is -0.380 e. The summed E-state index contributed by atoms with van der Waals surface area (Å²) < 4.78 is 61.7. The Balaban J connectivity index is 1.89. The third-order valence-corrected chi connectivity index (χ3v) is 5.09. The number of rotatable bonds is 4. The van der Waals surface area contributed by atoms with E-state index in [0.29, 0.717) is 16.6 Å². The lowest BCUT2D eigenvalue weighted by molar-refractivity contribution is -0.0435. The average molecular weight is 371 g/mol. The topological polar surface area (TPSA) is 94.8 Å². The number of alkyl halides is 3. The predicted octanol–water partition coefficient (Wildman–Crippen LogP) is 2.76. The fourth-order valence-corrected chi connectivity index (χ4v) is 3.30. The van der Waals surface area contributed by atoms with Crippen molar-refractivity contribution in [2.45, 2.75) is 16.9 Å². The van der Waals surface area contributed by atoms with Gasteiger partial charge in [-0.25, -0.2) is 13.2 Å². The summed E-state index contributed by atoms with van der Waals surface area (Å²) in [6, 6.07) is 9.77. The van der Waals surface area contributed by atoms with Crippen LogP contribution in [0.15, 0.2) is 52.2 Å². The summed E-state index contributed by atoms with van der Waals surface area (Å²) >= 11 is 0. The molecule has 10 heteroatoms. The van der Waals surface area contributed by atoms with Gasteiger partial charge in [-0.3, -0.25) is 0 Å². The second kappa shape index (κ2) is 5.96. The van der Waals surface area contributed by atoms with Crippen molar-refractivity contribution in [1.29, 1.82) is 0 Å². The van der Waals surface area contributed by atoms with Crippen LogP contribution in [0.2, 0.25) is 0 Å². The Kier molecular flexibility index (Phi) is 4.07. The first-order chi connectivity index (χ1) is 11.7. The van der Waals surface area contributed by atoms with Gasteiger partial charge >= 0.3 is 11.2 Å². The summed E-state index contributed by atoms with van der Waals surface area (Å²) in [6.45, 7) is 0.0769. The minimum absolute atomic E-state index is 0.0769. The third kappa shape index (κ3) is 3.25. The van der Waals surface area contributed by atoms with Gasteiger partial charge in [0.05, 0.1) is 21.6 Å². The van der Waals surface area contributed by atoms with Gasteiger partial charge in [-0.2, -0.15) is 13.2 Å². The summed E-state index contributed by atoms with van der Waals surface area (Å²) in [5.74, 6) is 0. The fraction of sp³-hybridized carbons (Fsp3) is 0.133. The maximum absolute atomic E-state index is 12.8. The number of H-pyrrole nitrogens is 2. The molecule has 0 aliphatic heterocycles. The molecule has 3 aromatic rings. The van der Waals surface area contributed by atoms with E-state index in [-0.39, 0.29) is 17.9 Å². The molecular formula is C15H12F3N3O3S. The average Bonchev–Trinajstić information content (AvgIpc) is 2.91. The number of hydrogen-bond donors (Lipinski definition) is 3. The Hall–Kier alpha value is -2.75. The van der Waals surface area contributed by atoms with Crippen molar-refractivity contribution < 1.29 is 21.6 Å². The molecule has 6 nitrogen and oxygen atoms in total. The summed E-state index contributed by atoms with van der Waals surface area (Å²) in [6.07, 6.45) is 0. The lowest BCUT2D eigenvalue weighted by Gasteiger charge is -2.14. The highest BCUT2D eigenvalue weighted by atomic mass is 32.2. The first-order valence-electron chi connectivity index (χ1n) is 7.04. The zero-order valence-corrected chi connectivity index (χ0v) is 13.3. The van der Waals surface area contributed by atoms with Crippen LogP contribution >= 0.6 is 0 Å². The van der Waals surface area contributed by atoms with E-state index in [1.165, 1.54) is 18.2 Å². The van der Waals surface area contributed by atoms with Crippen LogP contribution in [0.3, 0.4) is 0 Å². The number of para-hydroxylation sites is 1. The van der Waals surface area contributed by atoms with E-state index in [1.54, 1.807) is 18.2 Å². The monoisotopic (exact) mass is 371 g/mol. The SMILES string of the molecule is O=c1[nH]c2ccc(CNc3ccccc3S(=O)(=O)C(F)(F)F)cc2[nH]1. The number of anilines is 1. The molecule has 0 bridgehead atoms. The fourth-order valence-electron chi connectivity index (χ4n) is 2.36. The largest absolute Gasteiger partial charge is 0.501 e. The van der Waals surface area contributed by atoms with Crippen LogP contribution in [0.4, 0.5) is 18.9 Å². The van der Waals surface area contributed by atoms with E-state index in [4.69, 9.17) is 0 Å². The van der Waals surface area contributed by atoms with Crippen LogP contribution < -0.4 is 11.0 Å².